The maximum absolute atomic E-state index is 3.73. The van der Waals surface area contributed by atoms with Gasteiger partial charge in [-0.25, -0.2) is 0 Å². The molecule has 0 saturated heterocycles. The molecule has 1 nitrogen and oxygen atoms in total. The van der Waals surface area contributed by atoms with Crippen LogP contribution in [0.25, 0.3) is 0 Å². The maximum Gasteiger partial charge on any atom is 0.00673 e. The van der Waals surface area contributed by atoms with Gasteiger partial charge in [0.15, 0.2) is 0 Å². The number of nitrogens with one attached hydrogen (secondary N) is 1. The Hall–Kier alpha value is -0.820. The molecule has 0 spiro atoms. The second-order valence-electron chi connectivity index (χ2n) is 6.56. The SMILES string of the molecule is CC1CCC(NCCc2ccc(C(C)C)cc2)CC1. The average molecular weight is 259 g/mol. The standard InChI is InChI=1S/C18H29N/c1-14(2)17-8-6-16(7-9-17)12-13-19-18-10-4-15(3)5-11-18/h6-9,14-15,18-19H,4-5,10-13H2,1-3H3. The van der Waals surface area contributed by atoms with Gasteiger partial charge in [-0.3, -0.25) is 0 Å². The van der Waals surface area contributed by atoms with E-state index in [1.54, 1.807) is 0 Å². The first-order chi connectivity index (χ1) is 9.15. The van der Waals surface area contributed by atoms with Gasteiger partial charge in [-0.1, -0.05) is 45.0 Å². The van der Waals surface area contributed by atoms with Crippen molar-refractivity contribution in [3.05, 3.63) is 35.4 Å². The highest BCUT2D eigenvalue weighted by Gasteiger charge is 2.17. The molecule has 0 amide bonds. The van der Waals surface area contributed by atoms with E-state index in [0.717, 1.165) is 24.9 Å². The number of rotatable bonds is 5. The molecular weight excluding hydrogens is 230 g/mol. The van der Waals surface area contributed by atoms with Gasteiger partial charge in [0.1, 0.15) is 0 Å². The summed E-state index contributed by atoms with van der Waals surface area (Å²) in [5.74, 6) is 1.58. The summed E-state index contributed by atoms with van der Waals surface area (Å²) in [7, 11) is 0. The van der Waals surface area contributed by atoms with Gasteiger partial charge in [-0.05, 0) is 61.6 Å². The molecule has 0 atom stereocenters. The summed E-state index contributed by atoms with van der Waals surface area (Å²) in [6.45, 7) is 8.01. The number of benzene rings is 1. The minimum Gasteiger partial charge on any atom is -0.314 e. The van der Waals surface area contributed by atoms with Crippen molar-refractivity contribution < 1.29 is 0 Å². The fourth-order valence-electron chi connectivity index (χ4n) is 2.95. The topological polar surface area (TPSA) is 12.0 Å². The van der Waals surface area contributed by atoms with Gasteiger partial charge in [0.05, 0.1) is 0 Å². The Labute approximate surface area is 118 Å². The van der Waals surface area contributed by atoms with Crippen LogP contribution in [-0.4, -0.2) is 12.6 Å². The minimum absolute atomic E-state index is 0.636. The van der Waals surface area contributed by atoms with Crippen molar-refractivity contribution in [2.75, 3.05) is 6.54 Å². The van der Waals surface area contributed by atoms with Crippen LogP contribution >= 0.6 is 0 Å². The highest BCUT2D eigenvalue weighted by Crippen LogP contribution is 2.23. The van der Waals surface area contributed by atoms with Crippen molar-refractivity contribution in [3.8, 4) is 0 Å². The monoisotopic (exact) mass is 259 g/mol. The van der Waals surface area contributed by atoms with Gasteiger partial charge in [-0.2, -0.15) is 0 Å². The summed E-state index contributed by atoms with van der Waals surface area (Å²) in [5, 5.41) is 3.73. The molecule has 1 aliphatic carbocycles. The zero-order valence-electron chi connectivity index (χ0n) is 12.8. The molecule has 0 unspecified atom stereocenters. The van der Waals surface area contributed by atoms with E-state index >= 15 is 0 Å². The Morgan fingerprint density at radius 3 is 2.26 bits per heavy atom. The van der Waals surface area contributed by atoms with Crippen molar-refractivity contribution in [2.24, 2.45) is 5.92 Å². The maximum atomic E-state index is 3.73. The van der Waals surface area contributed by atoms with E-state index in [9.17, 15) is 0 Å². The van der Waals surface area contributed by atoms with E-state index < -0.39 is 0 Å². The molecule has 0 radical (unpaired) electrons. The first-order valence-electron chi connectivity index (χ1n) is 7.97. The molecular formula is C18H29N. The van der Waals surface area contributed by atoms with E-state index in [0.29, 0.717) is 5.92 Å². The summed E-state index contributed by atoms with van der Waals surface area (Å²) in [6.07, 6.45) is 6.70. The summed E-state index contributed by atoms with van der Waals surface area (Å²) < 4.78 is 0. The lowest BCUT2D eigenvalue weighted by atomic mass is 9.87. The van der Waals surface area contributed by atoms with Gasteiger partial charge in [0.2, 0.25) is 0 Å². The van der Waals surface area contributed by atoms with E-state index in [2.05, 4.69) is 50.4 Å². The zero-order valence-corrected chi connectivity index (χ0v) is 12.8. The van der Waals surface area contributed by atoms with E-state index in [1.807, 2.05) is 0 Å². The van der Waals surface area contributed by atoms with Gasteiger partial charge in [0.25, 0.3) is 0 Å². The molecule has 0 aromatic heterocycles. The van der Waals surface area contributed by atoms with Crippen LogP contribution in [0.3, 0.4) is 0 Å². The fourth-order valence-corrected chi connectivity index (χ4v) is 2.95. The Balaban J connectivity index is 1.70. The fraction of sp³-hybridized carbons (Fsp3) is 0.667. The second-order valence-corrected chi connectivity index (χ2v) is 6.56. The molecule has 0 bridgehead atoms. The van der Waals surface area contributed by atoms with Gasteiger partial charge in [-0.15, -0.1) is 0 Å². The van der Waals surface area contributed by atoms with Crippen LogP contribution in [0.1, 0.15) is 63.5 Å². The first kappa shape index (κ1) is 14.6. The molecule has 1 N–H and O–H groups in total. The third-order valence-corrected chi connectivity index (χ3v) is 4.51. The van der Waals surface area contributed by atoms with Crippen molar-refractivity contribution in [1.82, 2.24) is 5.32 Å². The molecule has 19 heavy (non-hydrogen) atoms. The third-order valence-electron chi connectivity index (χ3n) is 4.51. The smallest absolute Gasteiger partial charge is 0.00673 e. The zero-order chi connectivity index (χ0) is 13.7. The average Bonchev–Trinajstić information content (AvgIpc) is 2.41. The van der Waals surface area contributed by atoms with Crippen LogP contribution in [-0.2, 0) is 6.42 Å². The molecule has 0 aliphatic heterocycles. The van der Waals surface area contributed by atoms with Crippen LogP contribution in [0.4, 0.5) is 0 Å². The van der Waals surface area contributed by atoms with Crippen molar-refractivity contribution in [1.29, 1.82) is 0 Å². The summed E-state index contributed by atoms with van der Waals surface area (Å²) in [6, 6.07) is 9.91. The largest absolute Gasteiger partial charge is 0.314 e. The normalized spacial score (nSPS) is 23.8. The third kappa shape index (κ3) is 4.65. The van der Waals surface area contributed by atoms with Crippen LogP contribution in [0.5, 0.6) is 0 Å². The Morgan fingerprint density at radius 1 is 1.05 bits per heavy atom. The number of hydrogen-bond acceptors (Lipinski definition) is 1. The van der Waals surface area contributed by atoms with E-state index in [4.69, 9.17) is 0 Å². The highest BCUT2D eigenvalue weighted by molar-refractivity contribution is 5.24. The van der Waals surface area contributed by atoms with E-state index in [-0.39, 0.29) is 0 Å². The summed E-state index contributed by atoms with van der Waals surface area (Å²) in [5.41, 5.74) is 2.90. The summed E-state index contributed by atoms with van der Waals surface area (Å²) in [4.78, 5) is 0. The number of hydrogen-bond donors (Lipinski definition) is 1. The molecule has 106 valence electrons. The molecule has 2 rings (SSSR count). The molecule has 1 fully saturated rings. The molecule has 1 saturated carbocycles. The summed E-state index contributed by atoms with van der Waals surface area (Å²) >= 11 is 0. The predicted octanol–water partition coefficient (Wildman–Crippen LogP) is 4.52. The molecule has 1 aromatic carbocycles. The van der Waals surface area contributed by atoms with Crippen molar-refractivity contribution in [3.63, 3.8) is 0 Å². The lowest BCUT2D eigenvalue weighted by Crippen LogP contribution is -2.34. The Kier molecular flexibility index (Phi) is 5.45. The minimum atomic E-state index is 0.636. The van der Waals surface area contributed by atoms with Crippen molar-refractivity contribution >= 4 is 0 Å². The molecule has 0 heterocycles. The lowest BCUT2D eigenvalue weighted by molar-refractivity contribution is 0.309. The first-order valence-corrected chi connectivity index (χ1v) is 7.97. The van der Waals surface area contributed by atoms with Crippen molar-refractivity contribution in [2.45, 2.75) is 64.8 Å². The highest BCUT2D eigenvalue weighted by atomic mass is 14.9. The van der Waals surface area contributed by atoms with E-state index in [1.165, 1.54) is 36.8 Å². The van der Waals surface area contributed by atoms with Gasteiger partial charge < -0.3 is 5.32 Å². The van der Waals surface area contributed by atoms with Crippen LogP contribution in [0.2, 0.25) is 0 Å². The molecule has 1 aromatic rings. The molecule has 1 aliphatic rings. The predicted molar refractivity (Wildman–Crippen MR) is 83.7 cm³/mol. The lowest BCUT2D eigenvalue weighted by Gasteiger charge is -2.27. The Bertz CT molecular complexity index is 358. The van der Waals surface area contributed by atoms with Crippen LogP contribution in [0, 0.1) is 5.92 Å². The van der Waals surface area contributed by atoms with Gasteiger partial charge >= 0.3 is 0 Å². The van der Waals surface area contributed by atoms with Crippen LogP contribution in [0.15, 0.2) is 24.3 Å². The molecule has 1 heteroatoms. The Morgan fingerprint density at radius 2 is 1.68 bits per heavy atom. The van der Waals surface area contributed by atoms with Crippen LogP contribution < -0.4 is 5.32 Å². The van der Waals surface area contributed by atoms with Gasteiger partial charge in [0, 0.05) is 6.04 Å². The quantitative estimate of drug-likeness (QED) is 0.819. The second kappa shape index (κ2) is 7.09.